The number of nitrogens with zero attached hydrogens (tertiary/aromatic N) is 2. The number of aromatic nitrogens is 1. The summed E-state index contributed by atoms with van der Waals surface area (Å²) in [5, 5.41) is 3.08. The number of aliphatic imine (C=N–C) groups is 1. The van der Waals surface area contributed by atoms with Crippen LogP contribution in [0.4, 0.5) is 0 Å². The number of halogens is 1. The Morgan fingerprint density at radius 3 is 2.48 bits per heavy atom. The molecule has 1 heterocycles. The molecule has 1 aromatic heterocycles. The molecule has 0 saturated heterocycles. The van der Waals surface area contributed by atoms with Crippen molar-refractivity contribution < 1.29 is 14.2 Å². The average molecular weight is 486 g/mol. The van der Waals surface area contributed by atoms with Gasteiger partial charge >= 0.3 is 0 Å². The predicted octanol–water partition coefficient (Wildman–Crippen LogP) is 3.11. The van der Waals surface area contributed by atoms with Crippen molar-refractivity contribution in [3.8, 4) is 17.4 Å². The Hall–Kier alpha value is -2.23. The van der Waals surface area contributed by atoms with E-state index in [2.05, 4.69) is 22.2 Å². The molecule has 0 aliphatic heterocycles. The molecule has 27 heavy (non-hydrogen) atoms. The average Bonchev–Trinajstić information content (AvgIpc) is 2.69. The van der Waals surface area contributed by atoms with E-state index in [-0.39, 0.29) is 24.0 Å². The van der Waals surface area contributed by atoms with Gasteiger partial charge in [-0.15, -0.1) is 24.0 Å². The molecule has 0 unspecified atom stereocenters. The lowest BCUT2D eigenvalue weighted by Crippen LogP contribution is -2.31. The number of hydrogen-bond donors (Lipinski definition) is 2. The van der Waals surface area contributed by atoms with Gasteiger partial charge in [0.25, 0.3) is 0 Å². The molecule has 0 atom stereocenters. The number of guanidine groups is 1. The van der Waals surface area contributed by atoms with Crippen LogP contribution in [0.1, 0.15) is 24.5 Å². The van der Waals surface area contributed by atoms with Crippen LogP contribution in [-0.2, 0) is 13.1 Å². The SMILES string of the molecule is CCCOc1ccc(CN=C(N)NCc2ccc(OC)c(OC)c2)cn1.I. The first kappa shape index (κ1) is 22.8. The minimum Gasteiger partial charge on any atom is -0.493 e. The molecule has 0 saturated carbocycles. The van der Waals surface area contributed by atoms with Gasteiger partial charge in [-0.2, -0.15) is 0 Å². The second kappa shape index (κ2) is 12.2. The van der Waals surface area contributed by atoms with Crippen molar-refractivity contribution in [2.75, 3.05) is 20.8 Å². The quantitative estimate of drug-likeness (QED) is 0.322. The Kier molecular flexibility index (Phi) is 10.3. The van der Waals surface area contributed by atoms with E-state index in [0.717, 1.165) is 17.5 Å². The van der Waals surface area contributed by atoms with Crippen molar-refractivity contribution in [2.45, 2.75) is 26.4 Å². The molecular weight excluding hydrogens is 459 g/mol. The highest BCUT2D eigenvalue weighted by Crippen LogP contribution is 2.27. The van der Waals surface area contributed by atoms with Crippen molar-refractivity contribution in [3.05, 3.63) is 47.7 Å². The fraction of sp³-hybridized carbons (Fsp3) is 0.368. The highest BCUT2D eigenvalue weighted by atomic mass is 127. The molecular formula is C19H27IN4O3. The molecule has 148 valence electrons. The van der Waals surface area contributed by atoms with Gasteiger partial charge in [-0.05, 0) is 29.7 Å². The zero-order chi connectivity index (χ0) is 18.8. The molecule has 0 aliphatic rings. The normalized spacial score (nSPS) is 10.7. The molecule has 1 aromatic carbocycles. The summed E-state index contributed by atoms with van der Waals surface area (Å²) in [5.41, 5.74) is 7.91. The molecule has 0 amide bonds. The molecule has 2 rings (SSSR count). The van der Waals surface area contributed by atoms with Crippen LogP contribution in [0.2, 0.25) is 0 Å². The van der Waals surface area contributed by atoms with E-state index in [1.165, 1.54) is 0 Å². The second-order valence-corrected chi connectivity index (χ2v) is 5.60. The lowest BCUT2D eigenvalue weighted by atomic mass is 10.2. The monoisotopic (exact) mass is 486 g/mol. The maximum absolute atomic E-state index is 5.93. The molecule has 0 bridgehead atoms. The van der Waals surface area contributed by atoms with Gasteiger partial charge in [-0.3, -0.25) is 0 Å². The van der Waals surface area contributed by atoms with Crippen LogP contribution in [0.5, 0.6) is 17.4 Å². The van der Waals surface area contributed by atoms with Crippen LogP contribution in [0.15, 0.2) is 41.5 Å². The van der Waals surface area contributed by atoms with Gasteiger partial charge in [-0.25, -0.2) is 9.98 Å². The number of pyridine rings is 1. The maximum atomic E-state index is 5.93. The lowest BCUT2D eigenvalue weighted by molar-refractivity contribution is 0.305. The van der Waals surface area contributed by atoms with Gasteiger partial charge in [0.2, 0.25) is 5.88 Å². The summed E-state index contributed by atoms with van der Waals surface area (Å²) in [4.78, 5) is 8.57. The van der Waals surface area contributed by atoms with Crippen LogP contribution in [0, 0.1) is 0 Å². The third kappa shape index (κ3) is 7.49. The molecule has 0 fully saturated rings. The van der Waals surface area contributed by atoms with E-state index in [0.29, 0.717) is 43.0 Å². The van der Waals surface area contributed by atoms with Crippen molar-refractivity contribution >= 4 is 29.9 Å². The summed E-state index contributed by atoms with van der Waals surface area (Å²) in [6.07, 6.45) is 2.70. The standard InChI is InChI=1S/C19H26N4O3.HI/c1-4-9-26-18-8-6-15(12-21-18)13-23-19(20)22-11-14-5-7-16(24-2)17(10-14)25-3;/h5-8,10,12H,4,9,11,13H2,1-3H3,(H3,20,22,23);1H. The smallest absolute Gasteiger partial charge is 0.213 e. The highest BCUT2D eigenvalue weighted by Gasteiger charge is 2.04. The van der Waals surface area contributed by atoms with Crippen LogP contribution < -0.4 is 25.3 Å². The van der Waals surface area contributed by atoms with Crippen LogP contribution in [-0.4, -0.2) is 31.8 Å². The van der Waals surface area contributed by atoms with E-state index < -0.39 is 0 Å². The van der Waals surface area contributed by atoms with Crippen LogP contribution in [0.3, 0.4) is 0 Å². The molecule has 8 heteroatoms. The second-order valence-electron chi connectivity index (χ2n) is 5.60. The molecule has 0 aliphatic carbocycles. The summed E-state index contributed by atoms with van der Waals surface area (Å²) in [6.45, 7) is 3.71. The van der Waals surface area contributed by atoms with Gasteiger partial charge in [0.15, 0.2) is 17.5 Å². The number of hydrogen-bond acceptors (Lipinski definition) is 5. The molecule has 7 nitrogen and oxygen atoms in total. The number of rotatable bonds is 9. The van der Waals surface area contributed by atoms with E-state index in [9.17, 15) is 0 Å². The first-order valence-corrected chi connectivity index (χ1v) is 8.48. The summed E-state index contributed by atoms with van der Waals surface area (Å²) < 4.78 is 16.0. The zero-order valence-corrected chi connectivity index (χ0v) is 18.2. The van der Waals surface area contributed by atoms with Crippen LogP contribution >= 0.6 is 24.0 Å². The number of methoxy groups -OCH3 is 2. The number of nitrogens with one attached hydrogen (secondary N) is 1. The number of ether oxygens (including phenoxy) is 3. The minimum absolute atomic E-state index is 0. The lowest BCUT2D eigenvalue weighted by Gasteiger charge is -2.10. The summed E-state index contributed by atoms with van der Waals surface area (Å²) in [6, 6.07) is 9.48. The molecule has 3 N–H and O–H groups in total. The Morgan fingerprint density at radius 2 is 1.85 bits per heavy atom. The molecule has 0 radical (unpaired) electrons. The molecule has 0 spiro atoms. The summed E-state index contributed by atoms with van der Waals surface area (Å²) in [7, 11) is 3.22. The summed E-state index contributed by atoms with van der Waals surface area (Å²) >= 11 is 0. The van der Waals surface area contributed by atoms with E-state index in [4.69, 9.17) is 19.9 Å². The van der Waals surface area contributed by atoms with E-state index >= 15 is 0 Å². The Balaban J connectivity index is 0.00000364. The van der Waals surface area contributed by atoms with Gasteiger partial charge in [0.1, 0.15) is 0 Å². The third-order valence-electron chi connectivity index (χ3n) is 3.61. The van der Waals surface area contributed by atoms with E-state index in [1.54, 1.807) is 20.4 Å². The largest absolute Gasteiger partial charge is 0.493 e. The first-order valence-electron chi connectivity index (χ1n) is 8.48. The fourth-order valence-electron chi connectivity index (χ4n) is 2.21. The van der Waals surface area contributed by atoms with Gasteiger partial charge in [0, 0.05) is 18.8 Å². The zero-order valence-electron chi connectivity index (χ0n) is 15.9. The van der Waals surface area contributed by atoms with Crippen molar-refractivity contribution in [3.63, 3.8) is 0 Å². The highest BCUT2D eigenvalue weighted by molar-refractivity contribution is 14.0. The fourth-order valence-corrected chi connectivity index (χ4v) is 2.21. The van der Waals surface area contributed by atoms with E-state index in [1.807, 2.05) is 30.3 Å². The minimum atomic E-state index is 0. The predicted molar refractivity (Wildman–Crippen MR) is 117 cm³/mol. The van der Waals surface area contributed by atoms with Crippen LogP contribution in [0.25, 0.3) is 0 Å². The number of benzene rings is 1. The third-order valence-corrected chi connectivity index (χ3v) is 3.61. The van der Waals surface area contributed by atoms with Gasteiger partial charge in [0.05, 0.1) is 27.4 Å². The molecule has 2 aromatic rings. The maximum Gasteiger partial charge on any atom is 0.213 e. The van der Waals surface area contributed by atoms with Crippen molar-refractivity contribution in [2.24, 2.45) is 10.7 Å². The Bertz CT molecular complexity index is 723. The van der Waals surface area contributed by atoms with Crippen molar-refractivity contribution in [1.29, 1.82) is 0 Å². The topological polar surface area (TPSA) is 91.0 Å². The van der Waals surface area contributed by atoms with Gasteiger partial charge < -0.3 is 25.3 Å². The number of nitrogens with two attached hydrogens (primary N) is 1. The first-order chi connectivity index (χ1) is 12.7. The Labute approximate surface area is 177 Å². The summed E-state index contributed by atoms with van der Waals surface area (Å²) in [5.74, 6) is 2.36. The van der Waals surface area contributed by atoms with Crippen molar-refractivity contribution in [1.82, 2.24) is 10.3 Å². The Morgan fingerprint density at radius 1 is 1.11 bits per heavy atom. The van der Waals surface area contributed by atoms with Gasteiger partial charge in [-0.1, -0.05) is 19.1 Å².